The third-order valence-electron chi connectivity index (χ3n) is 2.29. The molecule has 1 heterocycles. The summed E-state index contributed by atoms with van der Waals surface area (Å²) < 4.78 is 10.6. The molecule has 8 nitrogen and oxygen atoms in total. The van der Waals surface area contributed by atoms with Gasteiger partial charge in [-0.2, -0.15) is 4.98 Å². The third-order valence-corrected chi connectivity index (χ3v) is 2.29. The third kappa shape index (κ3) is 4.96. The molecule has 1 rings (SSSR count). The number of aromatic nitrogens is 2. The number of nitro groups is 1. The summed E-state index contributed by atoms with van der Waals surface area (Å²) in [4.78, 5) is 18.3. The molecule has 0 spiro atoms. The first-order valence-corrected chi connectivity index (χ1v) is 6.53. The standard InChI is InChI=1S/C12H20N4O4/c1-4-5-13-11-10(16(17)18)12(15-8-14-11)20-7-6-19-9(2)3/h8-9H,4-7H2,1-3H3,(H,13,14,15). The summed E-state index contributed by atoms with van der Waals surface area (Å²) in [5.74, 6) is 0.127. The molecule has 8 heteroatoms. The maximum atomic E-state index is 11.1. The van der Waals surface area contributed by atoms with Gasteiger partial charge in [-0.05, 0) is 20.3 Å². The lowest BCUT2D eigenvalue weighted by molar-refractivity contribution is -0.385. The summed E-state index contributed by atoms with van der Waals surface area (Å²) in [6, 6.07) is 0. The summed E-state index contributed by atoms with van der Waals surface area (Å²) >= 11 is 0. The fourth-order valence-corrected chi connectivity index (χ4v) is 1.43. The zero-order valence-electron chi connectivity index (χ0n) is 12.0. The molecule has 1 N–H and O–H groups in total. The molecule has 0 saturated heterocycles. The summed E-state index contributed by atoms with van der Waals surface area (Å²) in [5.41, 5.74) is -0.245. The van der Waals surface area contributed by atoms with E-state index in [1.165, 1.54) is 6.33 Å². The Hall–Kier alpha value is -1.96. The highest BCUT2D eigenvalue weighted by Crippen LogP contribution is 2.30. The van der Waals surface area contributed by atoms with Crippen LogP contribution in [0.2, 0.25) is 0 Å². The number of nitrogens with zero attached hydrogens (tertiary/aromatic N) is 3. The van der Waals surface area contributed by atoms with Gasteiger partial charge in [-0.15, -0.1) is 0 Å². The topological polar surface area (TPSA) is 99.4 Å². The van der Waals surface area contributed by atoms with Gasteiger partial charge in [0.2, 0.25) is 5.82 Å². The number of anilines is 1. The molecule has 0 aromatic carbocycles. The van der Waals surface area contributed by atoms with Gasteiger partial charge in [-0.25, -0.2) is 4.98 Å². The van der Waals surface area contributed by atoms with Crippen LogP contribution in [0.4, 0.5) is 11.5 Å². The highest BCUT2D eigenvalue weighted by atomic mass is 16.6. The maximum absolute atomic E-state index is 11.1. The Balaban J connectivity index is 2.76. The second-order valence-electron chi connectivity index (χ2n) is 4.33. The van der Waals surface area contributed by atoms with Crippen molar-refractivity contribution in [2.45, 2.75) is 33.3 Å². The van der Waals surface area contributed by atoms with E-state index in [2.05, 4.69) is 15.3 Å². The van der Waals surface area contributed by atoms with Gasteiger partial charge in [0.1, 0.15) is 12.9 Å². The Morgan fingerprint density at radius 3 is 2.75 bits per heavy atom. The van der Waals surface area contributed by atoms with Crippen molar-refractivity contribution < 1.29 is 14.4 Å². The van der Waals surface area contributed by atoms with E-state index in [4.69, 9.17) is 9.47 Å². The van der Waals surface area contributed by atoms with E-state index in [-0.39, 0.29) is 30.1 Å². The van der Waals surface area contributed by atoms with Crippen LogP contribution in [0.3, 0.4) is 0 Å². The van der Waals surface area contributed by atoms with Gasteiger partial charge in [0.05, 0.1) is 17.6 Å². The fraction of sp³-hybridized carbons (Fsp3) is 0.667. The molecule has 0 atom stereocenters. The molecule has 1 aromatic heterocycles. The normalized spacial score (nSPS) is 10.6. The smallest absolute Gasteiger partial charge is 0.372 e. The Kier molecular flexibility index (Phi) is 6.65. The van der Waals surface area contributed by atoms with Crippen molar-refractivity contribution in [2.24, 2.45) is 0 Å². The second-order valence-corrected chi connectivity index (χ2v) is 4.33. The summed E-state index contributed by atoms with van der Waals surface area (Å²) in [5, 5.41) is 14.0. The average Bonchev–Trinajstić information content (AvgIpc) is 2.40. The number of hydrogen-bond donors (Lipinski definition) is 1. The molecule has 0 radical (unpaired) electrons. The molecule has 20 heavy (non-hydrogen) atoms. The van der Waals surface area contributed by atoms with Crippen LogP contribution in [0.1, 0.15) is 27.2 Å². The minimum atomic E-state index is -0.545. The highest BCUT2D eigenvalue weighted by molar-refractivity contribution is 5.60. The number of nitrogens with one attached hydrogen (secondary N) is 1. The van der Waals surface area contributed by atoms with Crippen LogP contribution in [-0.4, -0.2) is 40.8 Å². The van der Waals surface area contributed by atoms with Gasteiger partial charge in [-0.1, -0.05) is 6.92 Å². The van der Waals surface area contributed by atoms with Crippen molar-refractivity contribution >= 4 is 11.5 Å². The molecule has 0 aliphatic heterocycles. The Morgan fingerprint density at radius 1 is 1.40 bits per heavy atom. The largest absolute Gasteiger partial charge is 0.470 e. The first-order valence-electron chi connectivity index (χ1n) is 6.53. The monoisotopic (exact) mass is 284 g/mol. The molecule has 0 aliphatic rings. The minimum absolute atomic E-state index is 0.0454. The Labute approximate surface area is 117 Å². The number of hydrogen-bond acceptors (Lipinski definition) is 7. The molecule has 0 bridgehead atoms. The van der Waals surface area contributed by atoms with E-state index in [1.807, 2.05) is 20.8 Å². The Morgan fingerprint density at radius 2 is 2.15 bits per heavy atom. The molecule has 0 aliphatic carbocycles. The van der Waals surface area contributed by atoms with Crippen molar-refractivity contribution in [1.82, 2.24) is 9.97 Å². The van der Waals surface area contributed by atoms with Gasteiger partial charge >= 0.3 is 5.69 Å². The van der Waals surface area contributed by atoms with Gasteiger partial charge in [0.25, 0.3) is 5.88 Å². The predicted molar refractivity (Wildman–Crippen MR) is 74.1 cm³/mol. The lowest BCUT2D eigenvalue weighted by Crippen LogP contribution is -2.13. The fourth-order valence-electron chi connectivity index (χ4n) is 1.43. The maximum Gasteiger partial charge on any atom is 0.372 e. The van der Waals surface area contributed by atoms with Crippen LogP contribution in [0.15, 0.2) is 6.33 Å². The van der Waals surface area contributed by atoms with E-state index in [9.17, 15) is 10.1 Å². The van der Waals surface area contributed by atoms with Crippen LogP contribution in [-0.2, 0) is 4.74 Å². The van der Waals surface area contributed by atoms with Gasteiger partial charge in [0.15, 0.2) is 0 Å². The van der Waals surface area contributed by atoms with E-state index < -0.39 is 4.92 Å². The Bertz CT molecular complexity index is 439. The van der Waals surface area contributed by atoms with Crippen LogP contribution >= 0.6 is 0 Å². The summed E-state index contributed by atoms with van der Waals surface area (Å²) in [6.07, 6.45) is 2.16. The zero-order chi connectivity index (χ0) is 15.0. The second kappa shape index (κ2) is 8.26. The summed E-state index contributed by atoms with van der Waals surface area (Å²) in [6.45, 7) is 6.90. The lowest BCUT2D eigenvalue weighted by Gasteiger charge is -2.10. The molecule has 0 unspecified atom stereocenters. The van der Waals surface area contributed by atoms with Crippen molar-refractivity contribution in [1.29, 1.82) is 0 Å². The quantitative estimate of drug-likeness (QED) is 0.420. The first-order chi connectivity index (χ1) is 9.56. The molecule has 0 fully saturated rings. The van der Waals surface area contributed by atoms with E-state index in [1.54, 1.807) is 0 Å². The van der Waals surface area contributed by atoms with Gasteiger partial charge < -0.3 is 14.8 Å². The van der Waals surface area contributed by atoms with Crippen LogP contribution in [0.25, 0.3) is 0 Å². The average molecular weight is 284 g/mol. The van der Waals surface area contributed by atoms with Crippen molar-refractivity contribution in [3.05, 3.63) is 16.4 Å². The van der Waals surface area contributed by atoms with Crippen LogP contribution in [0, 0.1) is 10.1 Å². The number of rotatable bonds is 9. The highest BCUT2D eigenvalue weighted by Gasteiger charge is 2.24. The van der Waals surface area contributed by atoms with Gasteiger partial charge in [-0.3, -0.25) is 10.1 Å². The lowest BCUT2D eigenvalue weighted by atomic mass is 10.4. The molecular weight excluding hydrogens is 264 g/mol. The van der Waals surface area contributed by atoms with Crippen LogP contribution < -0.4 is 10.1 Å². The van der Waals surface area contributed by atoms with E-state index in [0.29, 0.717) is 13.2 Å². The van der Waals surface area contributed by atoms with Crippen molar-refractivity contribution in [2.75, 3.05) is 25.1 Å². The zero-order valence-corrected chi connectivity index (χ0v) is 12.0. The van der Waals surface area contributed by atoms with Gasteiger partial charge in [0, 0.05) is 6.54 Å². The molecule has 0 saturated carbocycles. The first kappa shape index (κ1) is 16.1. The molecule has 112 valence electrons. The molecular formula is C12H20N4O4. The van der Waals surface area contributed by atoms with Crippen molar-refractivity contribution in [3.8, 4) is 5.88 Å². The summed E-state index contributed by atoms with van der Waals surface area (Å²) in [7, 11) is 0. The van der Waals surface area contributed by atoms with Crippen molar-refractivity contribution in [3.63, 3.8) is 0 Å². The van der Waals surface area contributed by atoms with E-state index in [0.717, 1.165) is 6.42 Å². The minimum Gasteiger partial charge on any atom is -0.470 e. The van der Waals surface area contributed by atoms with Crippen LogP contribution in [0.5, 0.6) is 5.88 Å². The number of ether oxygens (including phenoxy) is 2. The SMILES string of the molecule is CCCNc1ncnc(OCCOC(C)C)c1[N+](=O)[O-]. The molecule has 0 amide bonds. The predicted octanol–water partition coefficient (Wildman–Crippen LogP) is 2.01. The molecule has 1 aromatic rings. The van der Waals surface area contributed by atoms with E-state index >= 15 is 0 Å².